The minimum Gasteiger partial charge on any atom is -0.494 e. The summed E-state index contributed by atoms with van der Waals surface area (Å²) >= 11 is 5.78. The quantitative estimate of drug-likeness (QED) is 0.621. The number of nitrogens with one attached hydrogen (secondary N) is 1. The largest absolute Gasteiger partial charge is 0.494 e. The highest BCUT2D eigenvalue weighted by Gasteiger charge is 2.13. The van der Waals surface area contributed by atoms with Crippen molar-refractivity contribution in [2.45, 2.75) is 17.7 Å². The summed E-state index contributed by atoms with van der Waals surface area (Å²) in [6.45, 7) is 0.422. The van der Waals surface area contributed by atoms with E-state index >= 15 is 0 Å². The van der Waals surface area contributed by atoms with E-state index < -0.39 is 9.84 Å². The predicted octanol–water partition coefficient (Wildman–Crippen LogP) is 3.81. The molecule has 5 nitrogen and oxygen atoms in total. The lowest BCUT2D eigenvalue weighted by molar-refractivity contribution is 0.310. The molecule has 3 rings (SSSR count). The van der Waals surface area contributed by atoms with Crippen molar-refractivity contribution in [3.05, 3.63) is 70.0 Å². The molecule has 0 saturated carbocycles. The number of fused-ring (bicyclic) bond motifs is 1. The summed E-state index contributed by atoms with van der Waals surface area (Å²) in [6, 6.07) is 14.8. The molecule has 136 valence electrons. The molecule has 0 aliphatic rings. The Labute approximate surface area is 156 Å². The normalized spacial score (nSPS) is 11.6. The molecule has 0 amide bonds. The number of halogens is 1. The molecule has 7 heteroatoms. The van der Waals surface area contributed by atoms with Gasteiger partial charge in [0.25, 0.3) is 0 Å². The van der Waals surface area contributed by atoms with Gasteiger partial charge >= 0.3 is 0 Å². The van der Waals surface area contributed by atoms with E-state index in [1.807, 2.05) is 6.07 Å². The van der Waals surface area contributed by atoms with E-state index in [0.717, 1.165) is 10.9 Å². The smallest absolute Gasteiger partial charge is 0.248 e. The van der Waals surface area contributed by atoms with Crippen molar-refractivity contribution in [2.75, 3.05) is 12.4 Å². The maximum absolute atomic E-state index is 12.2. The molecule has 0 bridgehead atoms. The van der Waals surface area contributed by atoms with Crippen LogP contribution in [0.25, 0.3) is 10.9 Å². The molecule has 0 spiro atoms. The first-order valence-electron chi connectivity index (χ1n) is 8.18. The molecule has 0 saturated heterocycles. The lowest BCUT2D eigenvalue weighted by atomic mass is 10.2. The molecule has 26 heavy (non-hydrogen) atoms. The van der Waals surface area contributed by atoms with Crippen molar-refractivity contribution in [1.29, 1.82) is 0 Å². The Morgan fingerprint density at radius 2 is 1.73 bits per heavy atom. The highest BCUT2D eigenvalue weighted by molar-refractivity contribution is 7.91. The Kier molecular flexibility index (Phi) is 5.64. The van der Waals surface area contributed by atoms with E-state index in [4.69, 9.17) is 16.3 Å². The summed E-state index contributed by atoms with van der Waals surface area (Å²) in [5.41, 5.74) is 0.604. The first-order valence-corrected chi connectivity index (χ1v) is 10.2. The Morgan fingerprint density at radius 1 is 0.962 bits per heavy atom. The Balaban J connectivity index is 1.50. The van der Waals surface area contributed by atoms with Gasteiger partial charge in [0.15, 0.2) is 9.84 Å². The lowest BCUT2D eigenvalue weighted by Crippen LogP contribution is -2.08. The summed E-state index contributed by atoms with van der Waals surface area (Å²) in [5.74, 6) is 0.752. The third-order valence-corrected chi connectivity index (χ3v) is 6.01. The van der Waals surface area contributed by atoms with Crippen LogP contribution in [-0.2, 0) is 9.84 Å². The maximum atomic E-state index is 12.2. The van der Waals surface area contributed by atoms with Gasteiger partial charge in [-0.3, -0.25) is 4.79 Å². The van der Waals surface area contributed by atoms with Gasteiger partial charge in [-0.25, -0.2) is 8.42 Å². The molecule has 0 aliphatic carbocycles. The number of pyridine rings is 1. The number of aromatic nitrogens is 1. The zero-order valence-corrected chi connectivity index (χ0v) is 15.5. The van der Waals surface area contributed by atoms with Crippen LogP contribution in [0.5, 0.6) is 5.75 Å². The summed E-state index contributed by atoms with van der Waals surface area (Å²) in [7, 11) is -3.30. The number of unbranched alkanes of at least 4 members (excludes halogenated alkanes) is 1. The lowest BCUT2D eigenvalue weighted by Gasteiger charge is -2.08. The highest BCUT2D eigenvalue weighted by atomic mass is 35.5. The molecule has 0 radical (unpaired) electrons. The fourth-order valence-electron chi connectivity index (χ4n) is 2.57. The first-order chi connectivity index (χ1) is 12.4. The summed E-state index contributed by atoms with van der Waals surface area (Å²) in [5, 5.41) is 1.39. The molecular weight excluding hydrogens is 374 g/mol. The monoisotopic (exact) mass is 391 g/mol. The van der Waals surface area contributed by atoms with Crippen molar-refractivity contribution in [3.63, 3.8) is 0 Å². The van der Waals surface area contributed by atoms with Gasteiger partial charge in [-0.05, 0) is 61.4 Å². The predicted molar refractivity (Wildman–Crippen MR) is 103 cm³/mol. The second kappa shape index (κ2) is 7.93. The standard InChI is InChI=1S/C19H18ClNO4S/c20-15-4-7-17(8-5-15)26(23,24)12-2-1-11-25-16-6-9-18-14(13-16)3-10-19(22)21-18/h3-10,13H,1-2,11-12H2,(H,21,22). The van der Waals surface area contributed by atoms with E-state index in [2.05, 4.69) is 4.98 Å². The van der Waals surface area contributed by atoms with Crippen molar-refractivity contribution in [3.8, 4) is 5.75 Å². The van der Waals surface area contributed by atoms with E-state index in [1.165, 1.54) is 18.2 Å². The minimum atomic E-state index is -3.30. The number of ether oxygens (including phenoxy) is 1. The topological polar surface area (TPSA) is 76.2 Å². The highest BCUT2D eigenvalue weighted by Crippen LogP contribution is 2.19. The number of hydrogen-bond donors (Lipinski definition) is 1. The van der Waals surface area contributed by atoms with E-state index in [0.29, 0.717) is 30.2 Å². The van der Waals surface area contributed by atoms with Gasteiger partial charge in [0.05, 0.1) is 17.3 Å². The number of sulfone groups is 1. The van der Waals surface area contributed by atoms with Crippen molar-refractivity contribution >= 4 is 32.3 Å². The van der Waals surface area contributed by atoms with Gasteiger partial charge in [-0.1, -0.05) is 11.6 Å². The molecule has 2 aromatic carbocycles. The van der Waals surface area contributed by atoms with Gasteiger partial charge < -0.3 is 9.72 Å². The molecule has 1 heterocycles. The van der Waals surface area contributed by atoms with Crippen LogP contribution in [0.15, 0.2) is 64.3 Å². The van der Waals surface area contributed by atoms with E-state index in [-0.39, 0.29) is 16.2 Å². The van der Waals surface area contributed by atoms with Crippen LogP contribution in [0.1, 0.15) is 12.8 Å². The van der Waals surface area contributed by atoms with Crippen LogP contribution in [0.4, 0.5) is 0 Å². The van der Waals surface area contributed by atoms with Crippen molar-refractivity contribution in [1.82, 2.24) is 4.98 Å². The molecule has 0 atom stereocenters. The fourth-order valence-corrected chi connectivity index (χ4v) is 4.06. The number of H-pyrrole nitrogens is 1. The van der Waals surface area contributed by atoms with Gasteiger partial charge in [0, 0.05) is 22.0 Å². The maximum Gasteiger partial charge on any atom is 0.248 e. The number of benzene rings is 2. The zero-order chi connectivity index (χ0) is 18.6. The number of aromatic amines is 1. The summed E-state index contributed by atoms with van der Waals surface area (Å²) < 4.78 is 30.2. The van der Waals surface area contributed by atoms with Crippen LogP contribution in [0, 0.1) is 0 Å². The SMILES string of the molecule is O=c1ccc2cc(OCCCCS(=O)(=O)c3ccc(Cl)cc3)ccc2[nH]1. The molecule has 0 unspecified atom stereocenters. The van der Waals surface area contributed by atoms with Crippen LogP contribution in [-0.4, -0.2) is 25.8 Å². The average molecular weight is 392 g/mol. The third-order valence-electron chi connectivity index (χ3n) is 3.94. The molecule has 0 fully saturated rings. The molecule has 3 aromatic rings. The van der Waals surface area contributed by atoms with Crippen LogP contribution >= 0.6 is 11.6 Å². The van der Waals surface area contributed by atoms with Gasteiger partial charge in [-0.15, -0.1) is 0 Å². The number of rotatable bonds is 7. The number of hydrogen-bond acceptors (Lipinski definition) is 4. The van der Waals surface area contributed by atoms with Gasteiger partial charge in [0.1, 0.15) is 5.75 Å². The van der Waals surface area contributed by atoms with Crippen LogP contribution in [0.2, 0.25) is 5.02 Å². The molecule has 1 aromatic heterocycles. The Morgan fingerprint density at radius 3 is 2.50 bits per heavy atom. The second-order valence-electron chi connectivity index (χ2n) is 5.90. The average Bonchev–Trinajstić information content (AvgIpc) is 2.62. The first kappa shape index (κ1) is 18.5. The molecule has 0 aliphatic heterocycles. The van der Waals surface area contributed by atoms with Gasteiger partial charge in [-0.2, -0.15) is 0 Å². The van der Waals surface area contributed by atoms with E-state index in [1.54, 1.807) is 30.3 Å². The van der Waals surface area contributed by atoms with Crippen molar-refractivity contribution in [2.24, 2.45) is 0 Å². The Hall–Kier alpha value is -2.31. The van der Waals surface area contributed by atoms with Crippen molar-refractivity contribution < 1.29 is 13.2 Å². The molecule has 1 N–H and O–H groups in total. The minimum absolute atomic E-state index is 0.0664. The second-order valence-corrected chi connectivity index (χ2v) is 8.45. The van der Waals surface area contributed by atoms with Crippen LogP contribution in [0.3, 0.4) is 0 Å². The summed E-state index contributed by atoms with van der Waals surface area (Å²) in [4.78, 5) is 14.3. The zero-order valence-electron chi connectivity index (χ0n) is 13.9. The van der Waals surface area contributed by atoms with Gasteiger partial charge in [0.2, 0.25) is 5.56 Å². The van der Waals surface area contributed by atoms with Crippen LogP contribution < -0.4 is 10.3 Å². The Bertz CT molecular complexity index is 1060. The van der Waals surface area contributed by atoms with E-state index in [9.17, 15) is 13.2 Å². The third kappa shape index (κ3) is 4.65. The summed E-state index contributed by atoms with van der Waals surface area (Å²) in [6.07, 6.45) is 1.13. The molecular formula is C19H18ClNO4S. The fraction of sp³-hybridized carbons (Fsp3) is 0.211.